The SMILES string of the molecule is CS(=O)(=O)CCC(N)c1ncc(-c2ccc(F)c(Br)c2)[nH]1. The Morgan fingerprint density at radius 1 is 1.48 bits per heavy atom. The van der Waals surface area contributed by atoms with Gasteiger partial charge in [0.05, 0.1) is 28.2 Å². The Hall–Kier alpha value is -1.25. The minimum atomic E-state index is -3.05. The fourth-order valence-corrected chi connectivity index (χ4v) is 2.87. The number of halogens is 2. The monoisotopic (exact) mass is 375 g/mol. The third-order valence-electron chi connectivity index (χ3n) is 2.98. The second kappa shape index (κ2) is 6.25. The Morgan fingerprint density at radius 2 is 2.19 bits per heavy atom. The van der Waals surface area contributed by atoms with Crippen molar-refractivity contribution in [3.05, 3.63) is 40.5 Å². The highest BCUT2D eigenvalue weighted by atomic mass is 79.9. The van der Waals surface area contributed by atoms with Crippen molar-refractivity contribution in [2.24, 2.45) is 5.73 Å². The molecule has 1 aromatic carbocycles. The fourth-order valence-electron chi connectivity index (χ4n) is 1.81. The van der Waals surface area contributed by atoms with Crippen molar-refractivity contribution in [3.8, 4) is 11.3 Å². The van der Waals surface area contributed by atoms with E-state index in [2.05, 4.69) is 25.9 Å². The first-order valence-electron chi connectivity index (χ1n) is 6.20. The van der Waals surface area contributed by atoms with Gasteiger partial charge in [-0.2, -0.15) is 0 Å². The van der Waals surface area contributed by atoms with E-state index in [9.17, 15) is 12.8 Å². The Balaban J connectivity index is 2.15. The molecule has 1 unspecified atom stereocenters. The maximum Gasteiger partial charge on any atom is 0.147 e. The van der Waals surface area contributed by atoms with Gasteiger partial charge in [-0.3, -0.25) is 0 Å². The number of aromatic amines is 1. The highest BCUT2D eigenvalue weighted by molar-refractivity contribution is 9.10. The first-order chi connectivity index (χ1) is 9.76. The number of hydrogen-bond donors (Lipinski definition) is 2. The first kappa shape index (κ1) is 16.1. The van der Waals surface area contributed by atoms with Crippen molar-refractivity contribution in [1.82, 2.24) is 9.97 Å². The molecule has 1 atom stereocenters. The number of nitrogens with one attached hydrogen (secondary N) is 1. The van der Waals surface area contributed by atoms with Crippen LogP contribution in [0, 0.1) is 5.82 Å². The van der Waals surface area contributed by atoms with Crippen molar-refractivity contribution < 1.29 is 12.8 Å². The van der Waals surface area contributed by atoms with Gasteiger partial charge in [0.1, 0.15) is 21.5 Å². The summed E-state index contributed by atoms with van der Waals surface area (Å²) >= 11 is 3.13. The predicted octanol–water partition coefficient (Wildman–Crippen LogP) is 2.41. The van der Waals surface area contributed by atoms with E-state index in [1.54, 1.807) is 18.3 Å². The van der Waals surface area contributed by atoms with Gasteiger partial charge in [0, 0.05) is 11.8 Å². The quantitative estimate of drug-likeness (QED) is 0.839. The summed E-state index contributed by atoms with van der Waals surface area (Å²) in [6.45, 7) is 0. The Labute approximate surface area is 130 Å². The Bertz CT molecular complexity index is 746. The Morgan fingerprint density at radius 3 is 2.81 bits per heavy atom. The van der Waals surface area contributed by atoms with E-state index < -0.39 is 15.9 Å². The lowest BCUT2D eigenvalue weighted by Crippen LogP contribution is -2.16. The molecule has 5 nitrogen and oxygen atoms in total. The van der Waals surface area contributed by atoms with Crippen LogP contribution in [0.5, 0.6) is 0 Å². The van der Waals surface area contributed by atoms with Crippen LogP contribution in [0.15, 0.2) is 28.9 Å². The molecule has 2 aromatic rings. The van der Waals surface area contributed by atoms with Gasteiger partial charge < -0.3 is 10.7 Å². The molecule has 0 fully saturated rings. The molecule has 0 saturated carbocycles. The molecule has 0 radical (unpaired) electrons. The van der Waals surface area contributed by atoms with E-state index in [0.29, 0.717) is 22.4 Å². The maximum atomic E-state index is 13.2. The minimum Gasteiger partial charge on any atom is -0.341 e. The summed E-state index contributed by atoms with van der Waals surface area (Å²) in [6.07, 6.45) is 3.05. The molecule has 1 heterocycles. The van der Waals surface area contributed by atoms with E-state index in [4.69, 9.17) is 5.73 Å². The summed E-state index contributed by atoms with van der Waals surface area (Å²) in [5.74, 6) is 0.171. The van der Waals surface area contributed by atoms with Crippen LogP contribution in [0.3, 0.4) is 0 Å². The van der Waals surface area contributed by atoms with E-state index >= 15 is 0 Å². The third-order valence-corrected chi connectivity index (χ3v) is 4.56. The lowest BCUT2D eigenvalue weighted by molar-refractivity contribution is 0.588. The molecule has 0 amide bonds. The van der Waals surface area contributed by atoms with Gasteiger partial charge in [0.15, 0.2) is 0 Å². The van der Waals surface area contributed by atoms with Crippen LogP contribution in [-0.4, -0.2) is 30.4 Å². The fraction of sp³-hybridized carbons (Fsp3) is 0.308. The van der Waals surface area contributed by atoms with Crippen molar-refractivity contribution in [2.45, 2.75) is 12.5 Å². The van der Waals surface area contributed by atoms with E-state index in [0.717, 1.165) is 5.56 Å². The van der Waals surface area contributed by atoms with E-state index in [-0.39, 0.29) is 11.6 Å². The number of nitrogens with zero attached hydrogens (tertiary/aromatic N) is 1. The summed E-state index contributed by atoms with van der Waals surface area (Å²) in [5, 5.41) is 0. The highest BCUT2D eigenvalue weighted by Crippen LogP contribution is 2.25. The summed E-state index contributed by atoms with van der Waals surface area (Å²) in [6, 6.07) is 4.12. The molecule has 0 aliphatic carbocycles. The van der Waals surface area contributed by atoms with Crippen LogP contribution < -0.4 is 5.73 Å². The van der Waals surface area contributed by atoms with Gasteiger partial charge in [0.25, 0.3) is 0 Å². The van der Waals surface area contributed by atoms with Crippen molar-refractivity contribution >= 4 is 25.8 Å². The zero-order valence-corrected chi connectivity index (χ0v) is 13.7. The van der Waals surface area contributed by atoms with E-state index in [1.165, 1.54) is 12.3 Å². The van der Waals surface area contributed by atoms with Crippen LogP contribution >= 0.6 is 15.9 Å². The molecular weight excluding hydrogens is 361 g/mol. The lowest BCUT2D eigenvalue weighted by Gasteiger charge is -2.07. The molecule has 0 bridgehead atoms. The van der Waals surface area contributed by atoms with Crippen LogP contribution in [-0.2, 0) is 9.84 Å². The standard InChI is InChI=1S/C13H15BrFN3O2S/c1-21(19,20)5-4-11(16)13-17-7-12(18-13)8-2-3-10(15)9(14)6-8/h2-3,6-7,11H,4-5,16H2,1H3,(H,17,18). The van der Waals surface area contributed by atoms with Crippen molar-refractivity contribution in [1.29, 1.82) is 0 Å². The molecule has 3 N–H and O–H groups in total. The maximum absolute atomic E-state index is 13.2. The molecular formula is C13H15BrFN3O2S. The number of benzene rings is 1. The summed E-state index contributed by atoms with van der Waals surface area (Å²) in [7, 11) is -3.05. The summed E-state index contributed by atoms with van der Waals surface area (Å²) in [5.41, 5.74) is 7.38. The molecule has 8 heteroatoms. The smallest absolute Gasteiger partial charge is 0.147 e. The van der Waals surface area contributed by atoms with Gasteiger partial charge in [-0.05, 0) is 40.5 Å². The average molecular weight is 376 g/mol. The number of nitrogens with two attached hydrogens (primary N) is 1. The molecule has 114 valence electrons. The number of aromatic nitrogens is 2. The molecule has 2 rings (SSSR count). The van der Waals surface area contributed by atoms with E-state index in [1.807, 2.05) is 0 Å². The molecule has 0 saturated heterocycles. The third kappa shape index (κ3) is 4.36. The molecule has 21 heavy (non-hydrogen) atoms. The Kier molecular flexibility index (Phi) is 4.80. The van der Waals surface area contributed by atoms with Gasteiger partial charge >= 0.3 is 0 Å². The molecule has 0 aliphatic rings. The molecule has 0 aliphatic heterocycles. The number of sulfone groups is 1. The number of imidazole rings is 1. The zero-order valence-electron chi connectivity index (χ0n) is 11.3. The lowest BCUT2D eigenvalue weighted by atomic mass is 10.2. The first-order valence-corrected chi connectivity index (χ1v) is 9.05. The van der Waals surface area contributed by atoms with Gasteiger partial charge in [0.2, 0.25) is 0 Å². The zero-order chi connectivity index (χ0) is 15.6. The normalized spacial score (nSPS) is 13.3. The molecule has 1 aromatic heterocycles. The largest absolute Gasteiger partial charge is 0.341 e. The van der Waals surface area contributed by atoms with Crippen LogP contribution in [0.1, 0.15) is 18.3 Å². The molecule has 0 spiro atoms. The second-order valence-corrected chi connectivity index (χ2v) is 7.95. The number of rotatable bonds is 5. The van der Waals surface area contributed by atoms with Gasteiger partial charge in [-0.15, -0.1) is 0 Å². The minimum absolute atomic E-state index is 0.00625. The van der Waals surface area contributed by atoms with Crippen LogP contribution in [0.2, 0.25) is 0 Å². The van der Waals surface area contributed by atoms with Crippen LogP contribution in [0.4, 0.5) is 4.39 Å². The number of H-pyrrole nitrogens is 1. The van der Waals surface area contributed by atoms with Crippen molar-refractivity contribution in [2.75, 3.05) is 12.0 Å². The number of hydrogen-bond acceptors (Lipinski definition) is 4. The average Bonchev–Trinajstić information content (AvgIpc) is 2.88. The summed E-state index contributed by atoms with van der Waals surface area (Å²) in [4.78, 5) is 7.20. The van der Waals surface area contributed by atoms with Gasteiger partial charge in [-0.25, -0.2) is 17.8 Å². The van der Waals surface area contributed by atoms with Gasteiger partial charge in [-0.1, -0.05) is 0 Å². The van der Waals surface area contributed by atoms with Crippen molar-refractivity contribution in [3.63, 3.8) is 0 Å². The predicted molar refractivity (Wildman–Crippen MR) is 82.9 cm³/mol. The second-order valence-electron chi connectivity index (χ2n) is 4.84. The summed E-state index contributed by atoms with van der Waals surface area (Å²) < 4.78 is 35.8. The topological polar surface area (TPSA) is 88.8 Å². The van der Waals surface area contributed by atoms with Crippen LogP contribution in [0.25, 0.3) is 11.3 Å². The highest BCUT2D eigenvalue weighted by Gasteiger charge is 2.14.